The molecule has 194 valence electrons. The van der Waals surface area contributed by atoms with E-state index in [-0.39, 0.29) is 51.4 Å². The smallest absolute Gasteiger partial charge is 0.394 e. The van der Waals surface area contributed by atoms with Crippen LogP contribution in [0.15, 0.2) is 42.0 Å². The van der Waals surface area contributed by atoms with Crippen LogP contribution in [0.3, 0.4) is 0 Å². The fourth-order valence-electron chi connectivity index (χ4n) is 4.45. The maximum absolute atomic E-state index is 14.5. The topological polar surface area (TPSA) is 82.8 Å². The molecule has 2 aromatic rings. The highest BCUT2D eigenvalue weighted by Crippen LogP contribution is 2.44. The third kappa shape index (κ3) is 7.06. The Hall–Kier alpha value is -2.93. The maximum Gasteiger partial charge on any atom is 0.418 e. The zero-order valence-electron chi connectivity index (χ0n) is 20.1. The van der Waals surface area contributed by atoms with Crippen LogP contribution in [-0.4, -0.2) is 63.2 Å². The lowest BCUT2D eigenvalue weighted by molar-refractivity contribution is -0.116. The molecule has 0 atom stereocenters. The van der Waals surface area contributed by atoms with E-state index in [0.717, 1.165) is 24.6 Å². The average Bonchev–Trinajstić information content (AvgIpc) is 2.87. The number of fused-ring (bicyclic) bond motifs is 1. The minimum atomic E-state index is -4.89. The van der Waals surface area contributed by atoms with Gasteiger partial charge in [0, 0.05) is 37.1 Å². The molecule has 36 heavy (non-hydrogen) atoms. The second-order valence-corrected chi connectivity index (χ2v) is 8.57. The first-order valence-electron chi connectivity index (χ1n) is 12.2. The average molecular weight is 505 g/mol. The summed E-state index contributed by atoms with van der Waals surface area (Å²) in [5.74, 6) is -0.859. The van der Waals surface area contributed by atoms with Crippen LogP contribution < -0.4 is 4.90 Å². The van der Waals surface area contributed by atoms with E-state index < -0.39 is 23.1 Å². The van der Waals surface area contributed by atoms with Crippen molar-refractivity contribution in [1.82, 2.24) is 0 Å². The number of alkyl halides is 3. The number of nitrogens with zero attached hydrogens (tertiary/aromatic N) is 2. The van der Waals surface area contributed by atoms with Gasteiger partial charge in [-0.2, -0.15) is 18.4 Å². The molecule has 1 aliphatic rings. The number of hydrogen-bond donors (Lipinski definition) is 1. The number of benzene rings is 2. The molecule has 6 nitrogen and oxygen atoms in total. The monoisotopic (exact) mass is 504 g/mol. The van der Waals surface area contributed by atoms with Crippen molar-refractivity contribution in [2.75, 3.05) is 51.0 Å². The molecule has 0 spiro atoms. The summed E-state index contributed by atoms with van der Waals surface area (Å²) in [5.41, 5.74) is -1.76. The van der Waals surface area contributed by atoms with Crippen molar-refractivity contribution in [2.24, 2.45) is 0 Å². The van der Waals surface area contributed by atoms with Gasteiger partial charge in [0.15, 0.2) is 5.78 Å². The molecule has 9 heteroatoms. The summed E-state index contributed by atoms with van der Waals surface area (Å²) in [6.07, 6.45) is -2.23. The Labute approximate surface area is 208 Å². The van der Waals surface area contributed by atoms with E-state index in [2.05, 4.69) is 0 Å². The number of aliphatic hydroxyl groups excluding tert-OH is 1. The number of carbonyl (C=O) groups excluding carboxylic acids is 1. The molecule has 0 saturated carbocycles. The van der Waals surface area contributed by atoms with Gasteiger partial charge in [-0.25, -0.2) is 0 Å². The van der Waals surface area contributed by atoms with Crippen molar-refractivity contribution in [2.45, 2.75) is 38.3 Å². The molecule has 1 saturated heterocycles. The number of piperidine rings is 1. The number of halogens is 3. The van der Waals surface area contributed by atoms with Gasteiger partial charge in [0.25, 0.3) is 0 Å². The number of aliphatic hydroxyl groups is 1. The number of allylic oxidation sites excluding steroid dienone is 2. The van der Waals surface area contributed by atoms with Crippen molar-refractivity contribution in [3.05, 3.63) is 47.5 Å². The standard InChI is InChI=1S/C27H31F3N2O4/c28-27(29,30)25(23(19-31)24(34)9-6-15-35-17-18-36-16-14-33)22-11-10-20-7-2-3-8-21(20)26(22)32-12-4-1-5-13-32/h2-3,7-8,10-11,33H,1,4-6,9,12-18H2/b25-23-. The largest absolute Gasteiger partial charge is 0.418 e. The van der Waals surface area contributed by atoms with Gasteiger partial charge in [0.1, 0.15) is 11.6 Å². The van der Waals surface area contributed by atoms with Crippen molar-refractivity contribution < 1.29 is 32.5 Å². The summed E-state index contributed by atoms with van der Waals surface area (Å²) in [7, 11) is 0. The number of carbonyl (C=O) groups is 1. The lowest BCUT2D eigenvalue weighted by Crippen LogP contribution is -2.31. The second kappa shape index (κ2) is 13.4. The van der Waals surface area contributed by atoms with Gasteiger partial charge >= 0.3 is 6.18 Å². The van der Waals surface area contributed by atoms with E-state index in [1.54, 1.807) is 24.3 Å². The number of nitriles is 1. The van der Waals surface area contributed by atoms with Crippen LogP contribution in [0, 0.1) is 11.3 Å². The molecule has 0 radical (unpaired) electrons. The van der Waals surface area contributed by atoms with E-state index in [9.17, 15) is 23.2 Å². The highest BCUT2D eigenvalue weighted by molar-refractivity contribution is 6.10. The Morgan fingerprint density at radius 3 is 2.36 bits per heavy atom. The fourth-order valence-corrected chi connectivity index (χ4v) is 4.45. The highest BCUT2D eigenvalue weighted by atomic mass is 19.4. The Balaban J connectivity index is 1.93. The Bertz CT molecular complexity index is 1100. The van der Waals surface area contributed by atoms with Crippen LogP contribution in [0.2, 0.25) is 0 Å². The van der Waals surface area contributed by atoms with Crippen molar-refractivity contribution in [1.29, 1.82) is 5.26 Å². The first-order valence-corrected chi connectivity index (χ1v) is 12.2. The molecule has 3 rings (SSSR count). The van der Waals surface area contributed by atoms with Gasteiger partial charge in [0.2, 0.25) is 0 Å². The van der Waals surface area contributed by atoms with Gasteiger partial charge in [-0.15, -0.1) is 0 Å². The van der Waals surface area contributed by atoms with Crippen LogP contribution >= 0.6 is 0 Å². The Morgan fingerprint density at radius 1 is 1.00 bits per heavy atom. The van der Waals surface area contributed by atoms with Gasteiger partial charge in [-0.3, -0.25) is 4.79 Å². The minimum absolute atomic E-state index is 0.101. The number of rotatable bonds is 12. The predicted octanol–water partition coefficient (Wildman–Crippen LogP) is 5.04. The lowest BCUT2D eigenvalue weighted by atomic mass is 9.91. The van der Waals surface area contributed by atoms with Gasteiger partial charge in [-0.1, -0.05) is 36.4 Å². The van der Waals surface area contributed by atoms with Crippen LogP contribution in [0.5, 0.6) is 0 Å². The molecule has 0 aromatic heterocycles. The molecule has 0 bridgehead atoms. The summed E-state index contributed by atoms with van der Waals surface area (Å²) >= 11 is 0. The SMILES string of the molecule is N#C/C(C(=O)CCCOCCOCCO)=C(\c1ccc2ccccc2c1N1CCCCC1)C(F)(F)F. The van der Waals surface area contributed by atoms with Crippen LogP contribution in [0.1, 0.15) is 37.7 Å². The zero-order chi connectivity index (χ0) is 26.0. The summed E-state index contributed by atoms with van der Waals surface area (Å²) in [6.45, 7) is 1.95. The maximum atomic E-state index is 14.5. The molecule has 0 unspecified atom stereocenters. The normalized spacial score (nSPS) is 15.0. The lowest BCUT2D eigenvalue weighted by Gasteiger charge is -2.32. The van der Waals surface area contributed by atoms with Crippen LogP contribution in [0.25, 0.3) is 16.3 Å². The number of anilines is 1. The number of hydrogen-bond acceptors (Lipinski definition) is 6. The van der Waals surface area contributed by atoms with Gasteiger partial charge < -0.3 is 19.5 Å². The summed E-state index contributed by atoms with van der Waals surface area (Å²) in [5, 5.41) is 19.8. The van der Waals surface area contributed by atoms with Crippen molar-refractivity contribution in [3.8, 4) is 6.07 Å². The van der Waals surface area contributed by atoms with E-state index in [1.807, 2.05) is 17.0 Å². The molecule has 0 aliphatic carbocycles. The summed E-state index contributed by atoms with van der Waals surface area (Å²) in [6, 6.07) is 11.8. The molecular formula is C27H31F3N2O4. The molecule has 1 fully saturated rings. The fraction of sp³-hybridized carbons (Fsp3) is 0.481. The Kier molecular flexibility index (Phi) is 10.3. The highest BCUT2D eigenvalue weighted by Gasteiger charge is 2.41. The molecule has 1 heterocycles. The molecule has 0 amide bonds. The Morgan fingerprint density at radius 2 is 1.69 bits per heavy atom. The van der Waals surface area contributed by atoms with Gasteiger partial charge in [0.05, 0.1) is 37.7 Å². The van der Waals surface area contributed by atoms with E-state index in [4.69, 9.17) is 14.6 Å². The molecule has 1 aliphatic heterocycles. The molecule has 1 N–H and O–H groups in total. The first kappa shape index (κ1) is 27.7. The van der Waals surface area contributed by atoms with E-state index >= 15 is 0 Å². The predicted molar refractivity (Wildman–Crippen MR) is 132 cm³/mol. The third-order valence-corrected chi connectivity index (χ3v) is 6.07. The van der Waals surface area contributed by atoms with Crippen LogP contribution in [0.4, 0.5) is 18.9 Å². The summed E-state index contributed by atoms with van der Waals surface area (Å²) < 4.78 is 53.9. The number of ether oxygens (including phenoxy) is 2. The van der Waals surface area contributed by atoms with Gasteiger partial charge in [-0.05, 0) is 31.1 Å². The molecule has 2 aromatic carbocycles. The van der Waals surface area contributed by atoms with Crippen molar-refractivity contribution in [3.63, 3.8) is 0 Å². The van der Waals surface area contributed by atoms with E-state index in [1.165, 1.54) is 6.07 Å². The zero-order valence-corrected chi connectivity index (χ0v) is 20.1. The quantitative estimate of drug-likeness (QED) is 0.248. The minimum Gasteiger partial charge on any atom is -0.394 e. The second-order valence-electron chi connectivity index (χ2n) is 8.57. The summed E-state index contributed by atoms with van der Waals surface area (Å²) in [4.78, 5) is 14.8. The first-order chi connectivity index (χ1) is 17.4. The number of ketones is 1. The van der Waals surface area contributed by atoms with Crippen molar-refractivity contribution >= 4 is 27.8 Å². The van der Waals surface area contributed by atoms with E-state index in [0.29, 0.717) is 24.2 Å². The van der Waals surface area contributed by atoms with Crippen LogP contribution in [-0.2, 0) is 14.3 Å². The number of Topliss-reactive ketones (excluding diaryl/α,β-unsaturated/α-hetero) is 1. The third-order valence-electron chi connectivity index (χ3n) is 6.07. The molecular weight excluding hydrogens is 473 g/mol.